The molecule has 0 aliphatic heterocycles. The molecule has 0 heterocycles. The van der Waals surface area contributed by atoms with Crippen molar-refractivity contribution in [3.05, 3.63) is 58.1 Å². The van der Waals surface area contributed by atoms with Crippen LogP contribution in [0, 0.1) is 0 Å². The molecule has 2 aromatic carbocycles. The summed E-state index contributed by atoms with van der Waals surface area (Å²) in [4.78, 5) is 0. The van der Waals surface area contributed by atoms with E-state index >= 15 is 0 Å². The third-order valence-electron chi connectivity index (χ3n) is 3.15. The molecule has 4 heteroatoms. The number of rotatable bonds is 3. The van der Waals surface area contributed by atoms with Crippen molar-refractivity contribution < 1.29 is 5.11 Å². The van der Waals surface area contributed by atoms with Crippen LogP contribution in [0.5, 0.6) is 5.75 Å². The van der Waals surface area contributed by atoms with Gasteiger partial charge in [0, 0.05) is 4.47 Å². The molecule has 0 aromatic heterocycles. The number of benzene rings is 2. The van der Waals surface area contributed by atoms with E-state index in [1.807, 2.05) is 36.4 Å². The minimum Gasteiger partial charge on any atom is -0.506 e. The molecule has 0 aliphatic carbocycles. The molecule has 0 aliphatic rings. The molecule has 0 unspecified atom stereocenters. The zero-order valence-electron chi connectivity index (χ0n) is 12.5. The summed E-state index contributed by atoms with van der Waals surface area (Å²) in [6.07, 6.45) is 0. The summed E-state index contributed by atoms with van der Waals surface area (Å²) in [7, 11) is 0. The summed E-state index contributed by atoms with van der Waals surface area (Å²) in [6.45, 7) is 6.80. The Labute approximate surface area is 133 Å². The fourth-order valence-electron chi connectivity index (χ4n) is 1.98. The fraction of sp³-hybridized carbons (Fsp3) is 0.294. The van der Waals surface area contributed by atoms with Crippen molar-refractivity contribution in [2.45, 2.75) is 32.7 Å². The van der Waals surface area contributed by atoms with E-state index in [2.05, 4.69) is 46.9 Å². The molecule has 0 saturated carbocycles. The molecule has 0 spiro atoms. The van der Waals surface area contributed by atoms with Crippen LogP contribution in [-0.2, 0) is 12.0 Å². The second-order valence-corrected chi connectivity index (χ2v) is 6.81. The third kappa shape index (κ3) is 4.14. The Morgan fingerprint density at radius 2 is 1.76 bits per heavy atom. The van der Waals surface area contributed by atoms with Gasteiger partial charge in [-0.1, -0.05) is 67.0 Å². The molecule has 0 radical (unpaired) electrons. The normalized spacial score (nSPS) is 12.0. The van der Waals surface area contributed by atoms with E-state index in [1.54, 1.807) is 6.07 Å². The van der Waals surface area contributed by atoms with Crippen LogP contribution in [0.25, 0.3) is 0 Å². The molecule has 0 atom stereocenters. The van der Waals surface area contributed by atoms with E-state index in [4.69, 9.17) is 0 Å². The van der Waals surface area contributed by atoms with Crippen LogP contribution in [0.15, 0.2) is 57.2 Å². The van der Waals surface area contributed by atoms with Crippen molar-refractivity contribution >= 4 is 21.6 Å². The first kappa shape index (κ1) is 15.7. The Bertz CT molecular complexity index is 646. The van der Waals surface area contributed by atoms with E-state index in [1.165, 1.54) is 0 Å². The van der Waals surface area contributed by atoms with Crippen molar-refractivity contribution in [3.8, 4) is 5.75 Å². The Kier molecular flexibility index (Phi) is 4.78. The van der Waals surface area contributed by atoms with E-state index in [0.717, 1.165) is 15.6 Å². The van der Waals surface area contributed by atoms with Gasteiger partial charge >= 0.3 is 0 Å². The maximum Gasteiger partial charge on any atom is 0.143 e. The lowest BCUT2D eigenvalue weighted by Gasteiger charge is -2.21. The number of phenolic OH excluding ortho intramolecular Hbond substituents is 1. The van der Waals surface area contributed by atoms with Gasteiger partial charge in [-0.2, -0.15) is 10.2 Å². The average Bonchev–Trinajstić information content (AvgIpc) is 2.42. The highest BCUT2D eigenvalue weighted by molar-refractivity contribution is 9.10. The first-order valence-corrected chi connectivity index (χ1v) is 7.61. The molecule has 0 bridgehead atoms. The molecule has 3 nitrogen and oxygen atoms in total. The predicted molar refractivity (Wildman–Crippen MR) is 89.2 cm³/mol. The van der Waals surface area contributed by atoms with Gasteiger partial charge in [0.2, 0.25) is 0 Å². The minimum atomic E-state index is -0.0456. The van der Waals surface area contributed by atoms with Crippen LogP contribution in [0.2, 0.25) is 0 Å². The van der Waals surface area contributed by atoms with E-state index < -0.39 is 0 Å². The summed E-state index contributed by atoms with van der Waals surface area (Å²) >= 11 is 3.54. The predicted octanol–water partition coefficient (Wildman–Crippen LogP) is 5.74. The van der Waals surface area contributed by atoms with Gasteiger partial charge in [-0.15, -0.1) is 0 Å². The van der Waals surface area contributed by atoms with Crippen LogP contribution in [0.1, 0.15) is 31.9 Å². The number of nitrogens with zero attached hydrogens (tertiary/aromatic N) is 2. The molecular formula is C17H19BrN2O. The SMILES string of the molecule is CC(C)(C)c1cc(O)c(N=NCc2ccccc2)cc1Br. The third-order valence-corrected chi connectivity index (χ3v) is 3.80. The highest BCUT2D eigenvalue weighted by Gasteiger charge is 2.19. The van der Waals surface area contributed by atoms with Gasteiger partial charge in [-0.25, -0.2) is 0 Å². The Hall–Kier alpha value is -1.68. The smallest absolute Gasteiger partial charge is 0.143 e. The van der Waals surface area contributed by atoms with Gasteiger partial charge in [0.25, 0.3) is 0 Å². The number of azo groups is 1. The number of hydrogen-bond donors (Lipinski definition) is 1. The van der Waals surface area contributed by atoms with E-state index in [9.17, 15) is 5.11 Å². The molecule has 110 valence electrons. The van der Waals surface area contributed by atoms with Gasteiger partial charge in [0.1, 0.15) is 11.4 Å². The fourth-order valence-corrected chi connectivity index (χ4v) is 2.91. The van der Waals surface area contributed by atoms with Crippen LogP contribution in [0.3, 0.4) is 0 Å². The summed E-state index contributed by atoms with van der Waals surface area (Å²) in [6, 6.07) is 13.5. The minimum absolute atomic E-state index is 0.0456. The summed E-state index contributed by atoms with van der Waals surface area (Å²) in [5, 5.41) is 18.4. The number of hydrogen-bond acceptors (Lipinski definition) is 3. The number of halogens is 1. The largest absolute Gasteiger partial charge is 0.506 e. The highest BCUT2D eigenvalue weighted by Crippen LogP contribution is 2.38. The van der Waals surface area contributed by atoms with Crippen LogP contribution >= 0.6 is 15.9 Å². The van der Waals surface area contributed by atoms with Crippen LogP contribution in [0.4, 0.5) is 5.69 Å². The van der Waals surface area contributed by atoms with Gasteiger partial charge in [0.15, 0.2) is 0 Å². The second kappa shape index (κ2) is 6.39. The van der Waals surface area contributed by atoms with E-state index in [-0.39, 0.29) is 11.2 Å². The van der Waals surface area contributed by atoms with Gasteiger partial charge in [0.05, 0.1) is 6.54 Å². The highest BCUT2D eigenvalue weighted by atomic mass is 79.9. The number of phenols is 1. The lowest BCUT2D eigenvalue weighted by molar-refractivity contribution is 0.471. The molecule has 0 saturated heterocycles. The molecule has 1 N–H and O–H groups in total. The summed E-state index contributed by atoms with van der Waals surface area (Å²) < 4.78 is 0.932. The molecule has 2 rings (SSSR count). The van der Waals surface area contributed by atoms with E-state index in [0.29, 0.717) is 12.2 Å². The zero-order chi connectivity index (χ0) is 15.5. The van der Waals surface area contributed by atoms with Crippen molar-refractivity contribution in [1.82, 2.24) is 0 Å². The summed E-state index contributed by atoms with van der Waals surface area (Å²) in [5.74, 6) is 0.153. The topological polar surface area (TPSA) is 45.0 Å². The summed E-state index contributed by atoms with van der Waals surface area (Å²) in [5.41, 5.74) is 2.56. The average molecular weight is 347 g/mol. The van der Waals surface area contributed by atoms with Gasteiger partial charge in [-0.3, -0.25) is 0 Å². The molecule has 21 heavy (non-hydrogen) atoms. The lowest BCUT2D eigenvalue weighted by atomic mass is 9.87. The van der Waals surface area contributed by atoms with Gasteiger partial charge < -0.3 is 5.11 Å². The lowest BCUT2D eigenvalue weighted by Crippen LogP contribution is -2.11. The second-order valence-electron chi connectivity index (χ2n) is 5.96. The monoisotopic (exact) mass is 346 g/mol. The van der Waals surface area contributed by atoms with Crippen molar-refractivity contribution in [3.63, 3.8) is 0 Å². The van der Waals surface area contributed by atoms with Gasteiger partial charge in [-0.05, 0) is 28.7 Å². The molecular weight excluding hydrogens is 328 g/mol. The molecule has 0 amide bonds. The number of aromatic hydroxyl groups is 1. The van der Waals surface area contributed by atoms with Crippen molar-refractivity contribution in [2.75, 3.05) is 0 Å². The Balaban J connectivity index is 2.20. The maximum absolute atomic E-state index is 10.1. The Morgan fingerprint density at radius 3 is 2.38 bits per heavy atom. The molecule has 0 fully saturated rings. The molecule has 2 aromatic rings. The standard InChI is InChI=1S/C17H19BrN2O/c1-17(2,3)13-9-16(21)15(10-14(13)18)20-19-11-12-7-5-4-6-8-12/h4-10,21H,11H2,1-3H3. The first-order valence-electron chi connectivity index (χ1n) is 6.82. The maximum atomic E-state index is 10.1. The van der Waals surface area contributed by atoms with Crippen LogP contribution < -0.4 is 0 Å². The Morgan fingerprint density at radius 1 is 1.10 bits per heavy atom. The van der Waals surface area contributed by atoms with Crippen molar-refractivity contribution in [2.24, 2.45) is 10.2 Å². The quantitative estimate of drug-likeness (QED) is 0.708. The first-order chi connectivity index (χ1) is 9.88. The zero-order valence-corrected chi connectivity index (χ0v) is 14.1. The van der Waals surface area contributed by atoms with Crippen molar-refractivity contribution in [1.29, 1.82) is 0 Å². The van der Waals surface area contributed by atoms with Crippen LogP contribution in [-0.4, -0.2) is 5.11 Å².